The van der Waals surface area contributed by atoms with Crippen molar-refractivity contribution < 1.29 is 9.84 Å². The van der Waals surface area contributed by atoms with E-state index in [2.05, 4.69) is 13.8 Å². The van der Waals surface area contributed by atoms with Gasteiger partial charge in [0.1, 0.15) is 11.9 Å². The van der Waals surface area contributed by atoms with Gasteiger partial charge in [0.15, 0.2) is 0 Å². The van der Waals surface area contributed by atoms with Crippen LogP contribution in [0.15, 0.2) is 18.2 Å². The molecule has 2 heteroatoms. The van der Waals surface area contributed by atoms with Crippen molar-refractivity contribution in [3.05, 3.63) is 29.3 Å². The Labute approximate surface area is 104 Å². The molecule has 1 heterocycles. The van der Waals surface area contributed by atoms with Gasteiger partial charge in [-0.3, -0.25) is 0 Å². The minimum absolute atomic E-state index is 0.153. The highest BCUT2D eigenvalue weighted by atomic mass is 16.5. The van der Waals surface area contributed by atoms with Gasteiger partial charge in [-0.15, -0.1) is 0 Å². The molecule has 1 aromatic rings. The molecule has 3 unspecified atom stereocenters. The topological polar surface area (TPSA) is 29.5 Å². The quantitative estimate of drug-likeness (QED) is 0.865. The third-order valence-electron chi connectivity index (χ3n) is 3.64. The molecule has 0 radical (unpaired) electrons. The number of fused-ring (bicyclic) bond motifs is 1. The summed E-state index contributed by atoms with van der Waals surface area (Å²) in [5.41, 5.74) is 2.12. The van der Waals surface area contributed by atoms with Crippen LogP contribution >= 0.6 is 0 Å². The Hall–Kier alpha value is -1.02. The average Bonchev–Trinajstić information content (AvgIpc) is 2.30. The minimum Gasteiger partial charge on any atom is -0.490 e. The van der Waals surface area contributed by atoms with Gasteiger partial charge in [0, 0.05) is 12.0 Å². The molecule has 0 saturated carbocycles. The summed E-state index contributed by atoms with van der Waals surface area (Å²) in [7, 11) is 0. The number of rotatable bonds is 3. The first kappa shape index (κ1) is 12.4. The van der Waals surface area contributed by atoms with E-state index >= 15 is 0 Å². The van der Waals surface area contributed by atoms with Crippen LogP contribution in [0.2, 0.25) is 0 Å². The third-order valence-corrected chi connectivity index (χ3v) is 3.64. The molecule has 0 saturated heterocycles. The fraction of sp³-hybridized carbons (Fsp3) is 0.600. The summed E-state index contributed by atoms with van der Waals surface area (Å²) in [6.45, 7) is 6.44. The number of aliphatic hydroxyl groups is 1. The molecule has 1 aliphatic heterocycles. The van der Waals surface area contributed by atoms with Crippen LogP contribution in [0, 0.1) is 12.8 Å². The fourth-order valence-corrected chi connectivity index (χ4v) is 2.58. The predicted octanol–water partition coefficient (Wildman–Crippen LogP) is 3.62. The summed E-state index contributed by atoms with van der Waals surface area (Å²) in [6.07, 6.45) is 2.82. The molecule has 0 fully saturated rings. The lowest BCUT2D eigenvalue weighted by atomic mass is 9.89. The van der Waals surface area contributed by atoms with Crippen LogP contribution in [0.1, 0.15) is 50.3 Å². The molecule has 17 heavy (non-hydrogen) atoms. The average molecular weight is 234 g/mol. The molecule has 1 aromatic carbocycles. The number of hydrogen-bond acceptors (Lipinski definition) is 2. The van der Waals surface area contributed by atoms with Crippen molar-refractivity contribution in [2.45, 2.75) is 52.2 Å². The summed E-state index contributed by atoms with van der Waals surface area (Å²) < 4.78 is 6.01. The molecular weight excluding hydrogens is 212 g/mol. The molecule has 0 bridgehead atoms. The monoisotopic (exact) mass is 234 g/mol. The molecule has 2 nitrogen and oxygen atoms in total. The summed E-state index contributed by atoms with van der Waals surface area (Å²) in [6, 6.07) is 6.05. The summed E-state index contributed by atoms with van der Waals surface area (Å²) >= 11 is 0. The lowest BCUT2D eigenvalue weighted by Crippen LogP contribution is -2.31. The Bertz CT molecular complexity index is 387. The molecule has 1 N–H and O–H groups in total. The van der Waals surface area contributed by atoms with E-state index < -0.39 is 0 Å². The van der Waals surface area contributed by atoms with Gasteiger partial charge in [0.2, 0.25) is 0 Å². The zero-order valence-electron chi connectivity index (χ0n) is 10.9. The largest absolute Gasteiger partial charge is 0.490 e. The molecule has 0 spiro atoms. The van der Waals surface area contributed by atoms with E-state index in [1.165, 1.54) is 5.56 Å². The van der Waals surface area contributed by atoms with Crippen molar-refractivity contribution in [2.24, 2.45) is 5.92 Å². The molecule has 1 aliphatic rings. The van der Waals surface area contributed by atoms with Crippen molar-refractivity contribution in [1.29, 1.82) is 0 Å². The van der Waals surface area contributed by atoms with E-state index in [1.807, 2.05) is 25.1 Å². The van der Waals surface area contributed by atoms with Gasteiger partial charge < -0.3 is 9.84 Å². The molecule has 0 aromatic heterocycles. The van der Waals surface area contributed by atoms with Crippen LogP contribution in [0.5, 0.6) is 5.75 Å². The first-order valence-corrected chi connectivity index (χ1v) is 6.57. The van der Waals surface area contributed by atoms with Gasteiger partial charge in [0.05, 0.1) is 6.10 Å². The summed E-state index contributed by atoms with van der Waals surface area (Å²) in [4.78, 5) is 0. The molecular formula is C15H22O2. The summed E-state index contributed by atoms with van der Waals surface area (Å²) in [5, 5.41) is 10.2. The highest BCUT2D eigenvalue weighted by Crippen LogP contribution is 2.37. The predicted molar refractivity (Wildman–Crippen MR) is 69.2 cm³/mol. The Kier molecular flexibility index (Phi) is 3.72. The van der Waals surface area contributed by atoms with Crippen LogP contribution in [0.4, 0.5) is 0 Å². The fourth-order valence-electron chi connectivity index (χ4n) is 2.58. The molecule has 0 aliphatic carbocycles. The highest BCUT2D eigenvalue weighted by Gasteiger charge is 2.29. The Morgan fingerprint density at radius 3 is 2.94 bits per heavy atom. The van der Waals surface area contributed by atoms with Gasteiger partial charge in [0.25, 0.3) is 0 Å². The maximum Gasteiger partial charge on any atom is 0.125 e. The lowest BCUT2D eigenvalue weighted by molar-refractivity contribution is 0.0361. The van der Waals surface area contributed by atoms with Crippen molar-refractivity contribution in [3.8, 4) is 5.75 Å². The smallest absolute Gasteiger partial charge is 0.125 e. The van der Waals surface area contributed by atoms with E-state index in [9.17, 15) is 5.11 Å². The van der Waals surface area contributed by atoms with E-state index in [0.717, 1.165) is 30.6 Å². The summed E-state index contributed by atoms with van der Waals surface area (Å²) in [5.74, 6) is 1.37. The van der Waals surface area contributed by atoms with E-state index in [1.54, 1.807) is 0 Å². The van der Waals surface area contributed by atoms with E-state index in [4.69, 9.17) is 4.74 Å². The zero-order chi connectivity index (χ0) is 12.4. The SMILES string of the molecule is CCCC(C)C1CC(O)c2cc(C)ccc2O1. The van der Waals surface area contributed by atoms with Gasteiger partial charge in [-0.2, -0.15) is 0 Å². The molecule has 2 rings (SSSR count). The number of ether oxygens (including phenoxy) is 1. The van der Waals surface area contributed by atoms with Crippen LogP contribution in [-0.4, -0.2) is 11.2 Å². The number of hydrogen-bond donors (Lipinski definition) is 1. The number of benzene rings is 1. The van der Waals surface area contributed by atoms with Gasteiger partial charge in [-0.25, -0.2) is 0 Å². The van der Waals surface area contributed by atoms with Crippen molar-refractivity contribution >= 4 is 0 Å². The zero-order valence-corrected chi connectivity index (χ0v) is 10.9. The first-order chi connectivity index (χ1) is 8.11. The Morgan fingerprint density at radius 2 is 2.24 bits per heavy atom. The van der Waals surface area contributed by atoms with Gasteiger partial charge in [-0.05, 0) is 31.4 Å². The first-order valence-electron chi connectivity index (χ1n) is 6.57. The number of aryl methyl sites for hydroxylation is 1. The Balaban J connectivity index is 2.18. The van der Waals surface area contributed by atoms with Crippen LogP contribution in [0.3, 0.4) is 0 Å². The van der Waals surface area contributed by atoms with Crippen LogP contribution < -0.4 is 4.74 Å². The van der Waals surface area contributed by atoms with Crippen molar-refractivity contribution in [2.75, 3.05) is 0 Å². The molecule has 0 amide bonds. The second kappa shape index (κ2) is 5.09. The van der Waals surface area contributed by atoms with E-state index in [-0.39, 0.29) is 12.2 Å². The minimum atomic E-state index is -0.372. The maximum absolute atomic E-state index is 10.2. The van der Waals surface area contributed by atoms with Crippen LogP contribution in [-0.2, 0) is 0 Å². The third kappa shape index (κ3) is 2.63. The lowest BCUT2D eigenvalue weighted by Gasteiger charge is -2.33. The standard InChI is InChI=1S/C15H22O2/c1-4-5-11(3)15-9-13(16)12-8-10(2)6-7-14(12)17-15/h6-8,11,13,15-16H,4-5,9H2,1-3H3. The second-order valence-electron chi connectivity index (χ2n) is 5.22. The Morgan fingerprint density at radius 1 is 1.47 bits per heavy atom. The second-order valence-corrected chi connectivity index (χ2v) is 5.22. The van der Waals surface area contributed by atoms with E-state index in [0.29, 0.717) is 5.92 Å². The molecule has 94 valence electrons. The van der Waals surface area contributed by atoms with Gasteiger partial charge in [-0.1, -0.05) is 31.9 Å². The molecule has 3 atom stereocenters. The van der Waals surface area contributed by atoms with Crippen LogP contribution in [0.25, 0.3) is 0 Å². The normalized spacial score (nSPS) is 24.9. The number of aliphatic hydroxyl groups excluding tert-OH is 1. The highest BCUT2D eigenvalue weighted by molar-refractivity contribution is 5.40. The van der Waals surface area contributed by atoms with Gasteiger partial charge >= 0.3 is 0 Å². The maximum atomic E-state index is 10.2. The van der Waals surface area contributed by atoms with Crippen molar-refractivity contribution in [1.82, 2.24) is 0 Å². The van der Waals surface area contributed by atoms with Crippen molar-refractivity contribution in [3.63, 3.8) is 0 Å².